The summed E-state index contributed by atoms with van der Waals surface area (Å²) in [7, 11) is 0. The van der Waals surface area contributed by atoms with Crippen LogP contribution in [0.25, 0.3) is 0 Å². The van der Waals surface area contributed by atoms with Crippen LogP contribution in [0.3, 0.4) is 0 Å². The second-order valence-corrected chi connectivity index (χ2v) is 3.99. The van der Waals surface area contributed by atoms with Crippen molar-refractivity contribution in [2.24, 2.45) is 0 Å². The van der Waals surface area contributed by atoms with Gasteiger partial charge in [0.15, 0.2) is 0 Å². The van der Waals surface area contributed by atoms with E-state index in [1.165, 1.54) is 12.8 Å². The molecule has 3 nitrogen and oxygen atoms in total. The van der Waals surface area contributed by atoms with Gasteiger partial charge in [0.25, 0.3) is 0 Å². The summed E-state index contributed by atoms with van der Waals surface area (Å²) in [5.41, 5.74) is 2.45. The maximum Gasteiger partial charge on any atom is 0.117 e. The molecule has 3 N–H and O–H groups in total. The van der Waals surface area contributed by atoms with Gasteiger partial charge < -0.3 is 15.7 Å². The smallest absolute Gasteiger partial charge is 0.117 e. The number of benzene rings is 1. The Morgan fingerprint density at radius 2 is 2.08 bits per heavy atom. The second-order valence-electron chi connectivity index (χ2n) is 3.99. The first-order valence-corrected chi connectivity index (χ1v) is 4.63. The number of phenolic OH excluding ortho intramolecular Hbond substituents is 1. The van der Waals surface area contributed by atoms with Gasteiger partial charge in [-0.3, -0.25) is 0 Å². The fourth-order valence-electron chi connectivity index (χ4n) is 1.83. The van der Waals surface area contributed by atoms with Crippen LogP contribution in [-0.2, 0) is 0 Å². The molecular formula is C10H12N2O. The van der Waals surface area contributed by atoms with Gasteiger partial charge in [0.05, 0.1) is 16.9 Å². The summed E-state index contributed by atoms with van der Waals surface area (Å²) in [5.74, 6) is 0.319. The SMILES string of the molecule is Oc1ccc2c(c1)NCC1(CC1)N2. The molecule has 1 spiro atoms. The molecule has 0 amide bonds. The summed E-state index contributed by atoms with van der Waals surface area (Å²) in [5, 5.41) is 16.1. The van der Waals surface area contributed by atoms with Crippen molar-refractivity contribution in [1.82, 2.24) is 0 Å². The van der Waals surface area contributed by atoms with Crippen LogP contribution < -0.4 is 10.6 Å². The van der Waals surface area contributed by atoms with Gasteiger partial charge in [-0.1, -0.05) is 0 Å². The van der Waals surface area contributed by atoms with Gasteiger partial charge in [0, 0.05) is 12.6 Å². The number of hydrogen-bond donors (Lipinski definition) is 3. The van der Waals surface area contributed by atoms with Crippen molar-refractivity contribution in [2.45, 2.75) is 18.4 Å². The zero-order chi connectivity index (χ0) is 8.89. The highest BCUT2D eigenvalue weighted by molar-refractivity contribution is 5.74. The number of fused-ring (bicyclic) bond motifs is 1. The van der Waals surface area contributed by atoms with Crippen molar-refractivity contribution in [1.29, 1.82) is 0 Å². The molecule has 1 aromatic rings. The molecule has 1 fully saturated rings. The molecule has 0 bridgehead atoms. The molecular weight excluding hydrogens is 164 g/mol. The van der Waals surface area contributed by atoms with E-state index in [0.717, 1.165) is 17.9 Å². The third-order valence-electron chi connectivity index (χ3n) is 2.87. The molecule has 0 aromatic heterocycles. The topological polar surface area (TPSA) is 44.3 Å². The molecule has 3 rings (SSSR count). The molecule has 13 heavy (non-hydrogen) atoms. The van der Waals surface area contributed by atoms with E-state index in [1.807, 2.05) is 6.07 Å². The van der Waals surface area contributed by atoms with Gasteiger partial charge in [-0.2, -0.15) is 0 Å². The third kappa shape index (κ3) is 1.03. The quantitative estimate of drug-likeness (QED) is 0.528. The summed E-state index contributed by atoms with van der Waals surface area (Å²) in [4.78, 5) is 0. The van der Waals surface area contributed by atoms with E-state index in [2.05, 4.69) is 10.6 Å². The summed E-state index contributed by atoms with van der Waals surface area (Å²) >= 11 is 0. The molecule has 1 aromatic carbocycles. The van der Waals surface area contributed by atoms with Crippen molar-refractivity contribution < 1.29 is 5.11 Å². The van der Waals surface area contributed by atoms with Gasteiger partial charge >= 0.3 is 0 Å². The Balaban J connectivity index is 2.00. The minimum Gasteiger partial charge on any atom is -0.508 e. The zero-order valence-electron chi connectivity index (χ0n) is 7.30. The van der Waals surface area contributed by atoms with E-state index in [0.29, 0.717) is 11.3 Å². The monoisotopic (exact) mass is 176 g/mol. The van der Waals surface area contributed by atoms with Crippen LogP contribution in [0.5, 0.6) is 5.75 Å². The maximum atomic E-state index is 9.27. The highest BCUT2D eigenvalue weighted by Gasteiger charge is 2.44. The Labute approximate surface area is 76.8 Å². The fourth-order valence-corrected chi connectivity index (χ4v) is 1.83. The lowest BCUT2D eigenvalue weighted by atomic mass is 10.1. The van der Waals surface area contributed by atoms with E-state index in [4.69, 9.17) is 0 Å². The lowest BCUT2D eigenvalue weighted by molar-refractivity contribution is 0.475. The number of nitrogens with one attached hydrogen (secondary N) is 2. The van der Waals surface area contributed by atoms with Gasteiger partial charge in [0.1, 0.15) is 5.75 Å². The van der Waals surface area contributed by atoms with Gasteiger partial charge in [-0.15, -0.1) is 0 Å². The third-order valence-corrected chi connectivity index (χ3v) is 2.87. The fraction of sp³-hybridized carbons (Fsp3) is 0.400. The molecule has 2 aliphatic rings. The van der Waals surface area contributed by atoms with E-state index < -0.39 is 0 Å². The molecule has 0 saturated heterocycles. The Morgan fingerprint density at radius 3 is 2.85 bits per heavy atom. The Kier molecular flexibility index (Phi) is 1.14. The average Bonchev–Trinajstić information content (AvgIpc) is 2.87. The van der Waals surface area contributed by atoms with Crippen molar-refractivity contribution in [3.63, 3.8) is 0 Å². The number of hydrogen-bond acceptors (Lipinski definition) is 3. The molecule has 0 unspecified atom stereocenters. The molecule has 0 radical (unpaired) electrons. The second kappa shape index (κ2) is 2.10. The van der Waals surface area contributed by atoms with Gasteiger partial charge in [0.2, 0.25) is 0 Å². The van der Waals surface area contributed by atoms with E-state index in [-0.39, 0.29) is 0 Å². The molecule has 1 heterocycles. The predicted octanol–water partition coefficient (Wildman–Crippen LogP) is 1.76. The summed E-state index contributed by atoms with van der Waals surface area (Å²) in [6.45, 7) is 0.976. The van der Waals surface area contributed by atoms with Gasteiger partial charge in [-0.25, -0.2) is 0 Å². The normalized spacial score (nSPS) is 21.5. The van der Waals surface area contributed by atoms with Crippen LogP contribution in [0.15, 0.2) is 18.2 Å². The minimum atomic E-state index is 0.319. The van der Waals surface area contributed by atoms with Crippen LogP contribution in [0, 0.1) is 0 Å². The number of phenols is 1. The van der Waals surface area contributed by atoms with Gasteiger partial charge in [-0.05, 0) is 25.0 Å². The van der Waals surface area contributed by atoms with E-state index in [1.54, 1.807) is 12.1 Å². The first kappa shape index (κ1) is 7.06. The van der Waals surface area contributed by atoms with E-state index >= 15 is 0 Å². The lowest BCUT2D eigenvalue weighted by Gasteiger charge is -2.28. The number of anilines is 2. The number of rotatable bonds is 0. The minimum absolute atomic E-state index is 0.319. The summed E-state index contributed by atoms with van der Waals surface area (Å²) in [6.07, 6.45) is 2.50. The molecule has 1 aliphatic carbocycles. The van der Waals surface area contributed by atoms with Crippen LogP contribution in [0.2, 0.25) is 0 Å². The Hall–Kier alpha value is -1.38. The Bertz CT molecular complexity index is 358. The molecule has 1 aliphatic heterocycles. The van der Waals surface area contributed by atoms with Crippen molar-refractivity contribution in [2.75, 3.05) is 17.2 Å². The van der Waals surface area contributed by atoms with Crippen molar-refractivity contribution in [3.05, 3.63) is 18.2 Å². The largest absolute Gasteiger partial charge is 0.508 e. The Morgan fingerprint density at radius 1 is 1.23 bits per heavy atom. The lowest BCUT2D eigenvalue weighted by Crippen LogP contribution is -2.34. The van der Waals surface area contributed by atoms with Crippen LogP contribution in [-0.4, -0.2) is 17.2 Å². The zero-order valence-corrected chi connectivity index (χ0v) is 7.30. The predicted molar refractivity (Wildman–Crippen MR) is 52.2 cm³/mol. The standard InChI is InChI=1S/C10H12N2O/c13-7-1-2-8-9(5-7)11-6-10(12-8)3-4-10/h1-2,5,11-13H,3-4,6H2. The van der Waals surface area contributed by atoms with Crippen LogP contribution in [0.4, 0.5) is 11.4 Å². The van der Waals surface area contributed by atoms with Crippen molar-refractivity contribution in [3.8, 4) is 5.75 Å². The first-order chi connectivity index (χ1) is 6.27. The highest BCUT2D eigenvalue weighted by atomic mass is 16.3. The van der Waals surface area contributed by atoms with Crippen molar-refractivity contribution >= 4 is 11.4 Å². The maximum absolute atomic E-state index is 9.27. The first-order valence-electron chi connectivity index (χ1n) is 4.63. The van der Waals surface area contributed by atoms with E-state index in [9.17, 15) is 5.11 Å². The molecule has 0 atom stereocenters. The molecule has 3 heteroatoms. The van der Waals surface area contributed by atoms with Crippen LogP contribution >= 0.6 is 0 Å². The summed E-state index contributed by atoms with van der Waals surface area (Å²) < 4.78 is 0. The molecule has 1 saturated carbocycles. The number of aromatic hydroxyl groups is 1. The average molecular weight is 176 g/mol. The summed E-state index contributed by atoms with van der Waals surface area (Å²) in [6, 6.07) is 5.41. The van der Waals surface area contributed by atoms with Crippen LogP contribution in [0.1, 0.15) is 12.8 Å². The molecule has 68 valence electrons. The highest BCUT2D eigenvalue weighted by Crippen LogP contribution is 2.44.